The number of rotatable bonds is 7. The molecule has 0 unspecified atom stereocenters. The highest BCUT2D eigenvalue weighted by molar-refractivity contribution is 14.1. The number of benzene rings is 3. The van der Waals surface area contributed by atoms with Crippen LogP contribution < -0.4 is 10.7 Å². The van der Waals surface area contributed by atoms with E-state index in [1.54, 1.807) is 12.3 Å². The maximum Gasteiger partial charge on any atom is 0.259 e. The van der Waals surface area contributed by atoms with Gasteiger partial charge in [-0.1, -0.05) is 47.5 Å². The molecule has 0 aliphatic rings. The molecule has 0 spiro atoms. The molecular weight excluding hydrogens is 558 g/mol. The zero-order chi connectivity index (χ0) is 22.5. The third-order valence-electron chi connectivity index (χ3n) is 4.85. The molecule has 2 N–H and O–H groups in total. The maximum absolute atomic E-state index is 12.1. The molecule has 32 heavy (non-hydrogen) atoms. The van der Waals surface area contributed by atoms with Crippen LogP contribution in [-0.2, 0) is 11.3 Å². The number of hydrazone groups is 1. The van der Waals surface area contributed by atoms with Crippen molar-refractivity contribution in [1.82, 2.24) is 9.99 Å². The predicted octanol–water partition coefficient (Wildman–Crippen LogP) is 6.16. The van der Waals surface area contributed by atoms with E-state index in [-0.39, 0.29) is 12.5 Å². The molecule has 4 rings (SSSR count). The van der Waals surface area contributed by atoms with E-state index < -0.39 is 0 Å². The summed E-state index contributed by atoms with van der Waals surface area (Å²) in [5.74, 6) is -0.223. The lowest BCUT2D eigenvalue weighted by atomic mass is 10.2. The lowest BCUT2D eigenvalue weighted by Crippen LogP contribution is -2.25. The summed E-state index contributed by atoms with van der Waals surface area (Å²) in [6, 6.07) is 21.5. The number of fused-ring (bicyclic) bond motifs is 1. The van der Waals surface area contributed by atoms with Gasteiger partial charge in [0.15, 0.2) is 0 Å². The van der Waals surface area contributed by atoms with Gasteiger partial charge in [-0.2, -0.15) is 5.10 Å². The lowest BCUT2D eigenvalue weighted by Gasteiger charge is -2.06. The largest absolute Gasteiger partial charge is 0.376 e. The average molecular weight is 577 g/mol. The molecule has 0 saturated carbocycles. The van der Waals surface area contributed by atoms with E-state index >= 15 is 0 Å². The van der Waals surface area contributed by atoms with Crippen molar-refractivity contribution in [2.45, 2.75) is 6.54 Å². The summed E-state index contributed by atoms with van der Waals surface area (Å²) >= 11 is 14.4. The van der Waals surface area contributed by atoms with Crippen LogP contribution in [0.25, 0.3) is 10.9 Å². The monoisotopic (exact) mass is 576 g/mol. The fraction of sp³-hybridized carbons (Fsp3) is 0.0833. The molecule has 0 aliphatic carbocycles. The first-order valence-corrected chi connectivity index (χ1v) is 11.7. The molecule has 0 aliphatic heterocycles. The molecule has 4 aromatic rings. The minimum absolute atomic E-state index is 0.136. The van der Waals surface area contributed by atoms with Gasteiger partial charge >= 0.3 is 0 Å². The number of aromatic nitrogens is 1. The van der Waals surface area contributed by atoms with Crippen molar-refractivity contribution in [2.75, 3.05) is 11.9 Å². The second-order valence-corrected chi connectivity index (χ2v) is 9.19. The van der Waals surface area contributed by atoms with Crippen molar-refractivity contribution >= 4 is 74.5 Å². The predicted molar refractivity (Wildman–Crippen MR) is 141 cm³/mol. The van der Waals surface area contributed by atoms with Crippen LogP contribution in [0.1, 0.15) is 11.1 Å². The molecule has 0 atom stereocenters. The average Bonchev–Trinajstić information content (AvgIpc) is 3.13. The van der Waals surface area contributed by atoms with Crippen molar-refractivity contribution in [3.8, 4) is 0 Å². The first kappa shape index (κ1) is 22.6. The summed E-state index contributed by atoms with van der Waals surface area (Å²) in [5.41, 5.74) is 6.47. The molecule has 1 heterocycles. The molecule has 3 aromatic carbocycles. The van der Waals surface area contributed by atoms with Gasteiger partial charge in [0.25, 0.3) is 5.91 Å². The molecule has 0 bridgehead atoms. The SMILES string of the molecule is O=C(CNc1ccc(I)cc1)N/N=C\c1cn(Cc2ccc(Cl)c(Cl)c2)c2ccccc12. The van der Waals surface area contributed by atoms with Crippen LogP contribution in [0, 0.1) is 3.57 Å². The number of amides is 1. The Hall–Kier alpha value is -2.55. The highest BCUT2D eigenvalue weighted by Gasteiger charge is 2.08. The molecule has 0 fully saturated rings. The van der Waals surface area contributed by atoms with Crippen LogP contribution in [0.3, 0.4) is 0 Å². The van der Waals surface area contributed by atoms with Crippen molar-refractivity contribution in [1.29, 1.82) is 0 Å². The highest BCUT2D eigenvalue weighted by atomic mass is 127. The Morgan fingerprint density at radius 1 is 1.03 bits per heavy atom. The fourth-order valence-electron chi connectivity index (χ4n) is 3.31. The van der Waals surface area contributed by atoms with Gasteiger partial charge in [-0.3, -0.25) is 4.79 Å². The third-order valence-corrected chi connectivity index (χ3v) is 6.30. The summed E-state index contributed by atoms with van der Waals surface area (Å²) in [6.45, 7) is 0.772. The van der Waals surface area contributed by atoms with Gasteiger partial charge in [-0.15, -0.1) is 0 Å². The number of carbonyl (C=O) groups is 1. The van der Waals surface area contributed by atoms with E-state index in [0.29, 0.717) is 16.6 Å². The molecule has 8 heteroatoms. The normalized spacial score (nSPS) is 11.2. The van der Waals surface area contributed by atoms with Gasteiger partial charge in [0, 0.05) is 38.5 Å². The summed E-state index contributed by atoms with van der Waals surface area (Å²) in [6.07, 6.45) is 3.67. The van der Waals surface area contributed by atoms with Crippen LogP contribution >= 0.6 is 45.8 Å². The van der Waals surface area contributed by atoms with Gasteiger partial charge in [-0.25, -0.2) is 5.43 Å². The standard InChI is InChI=1S/C24H19Cl2IN4O/c25-21-10-5-16(11-22(21)26)14-31-15-17(20-3-1-2-4-23(20)31)12-29-30-24(32)13-28-19-8-6-18(27)7-9-19/h1-12,15,28H,13-14H2,(H,30,32)/b29-12-. The number of nitrogens with one attached hydrogen (secondary N) is 2. The smallest absolute Gasteiger partial charge is 0.259 e. The Morgan fingerprint density at radius 2 is 1.81 bits per heavy atom. The molecule has 1 aromatic heterocycles. The van der Waals surface area contributed by atoms with Crippen molar-refractivity contribution in [2.24, 2.45) is 5.10 Å². The van der Waals surface area contributed by atoms with E-state index in [0.717, 1.165) is 31.3 Å². The van der Waals surface area contributed by atoms with Crippen molar-refractivity contribution < 1.29 is 4.79 Å². The number of hydrogen-bond acceptors (Lipinski definition) is 3. The number of nitrogens with zero attached hydrogens (tertiary/aromatic N) is 2. The fourth-order valence-corrected chi connectivity index (χ4v) is 3.99. The highest BCUT2D eigenvalue weighted by Crippen LogP contribution is 2.25. The minimum atomic E-state index is -0.223. The number of para-hydroxylation sites is 1. The summed E-state index contributed by atoms with van der Waals surface area (Å²) in [5, 5.41) is 9.33. The van der Waals surface area contributed by atoms with Crippen molar-refractivity contribution in [3.05, 3.63) is 97.7 Å². The Bertz CT molecular complexity index is 1290. The number of hydrogen-bond donors (Lipinski definition) is 2. The van der Waals surface area contributed by atoms with Gasteiger partial charge in [-0.05, 0) is 70.6 Å². The van der Waals surface area contributed by atoms with E-state index in [2.05, 4.69) is 43.0 Å². The Balaban J connectivity index is 1.44. The number of anilines is 1. The van der Waals surface area contributed by atoms with E-state index in [4.69, 9.17) is 23.2 Å². The maximum atomic E-state index is 12.1. The van der Waals surface area contributed by atoms with Gasteiger partial charge in [0.1, 0.15) is 0 Å². The zero-order valence-electron chi connectivity index (χ0n) is 16.9. The van der Waals surface area contributed by atoms with Gasteiger partial charge < -0.3 is 9.88 Å². The zero-order valence-corrected chi connectivity index (χ0v) is 20.5. The topological polar surface area (TPSA) is 58.4 Å². The lowest BCUT2D eigenvalue weighted by molar-refractivity contribution is -0.119. The van der Waals surface area contributed by atoms with Crippen molar-refractivity contribution in [3.63, 3.8) is 0 Å². The Kier molecular flexibility index (Phi) is 7.34. The Morgan fingerprint density at radius 3 is 2.59 bits per heavy atom. The molecule has 0 saturated heterocycles. The molecule has 1 amide bonds. The second kappa shape index (κ2) is 10.4. The van der Waals surface area contributed by atoms with E-state index in [9.17, 15) is 4.79 Å². The molecule has 0 radical (unpaired) electrons. The molecule has 5 nitrogen and oxygen atoms in total. The quantitative estimate of drug-likeness (QED) is 0.157. The van der Waals surface area contributed by atoms with E-state index in [1.165, 1.54) is 0 Å². The Labute approximate surface area is 209 Å². The summed E-state index contributed by atoms with van der Waals surface area (Å²) < 4.78 is 3.26. The van der Waals surface area contributed by atoms with Crippen LogP contribution in [0.5, 0.6) is 0 Å². The van der Waals surface area contributed by atoms with Gasteiger partial charge in [0.2, 0.25) is 0 Å². The second-order valence-electron chi connectivity index (χ2n) is 7.13. The summed E-state index contributed by atoms with van der Waals surface area (Å²) in [4.78, 5) is 12.1. The van der Waals surface area contributed by atoms with Crippen LogP contribution in [0.15, 0.2) is 78.0 Å². The van der Waals surface area contributed by atoms with E-state index in [1.807, 2.05) is 66.9 Å². The number of carbonyl (C=O) groups excluding carboxylic acids is 1. The molecular formula is C24H19Cl2IN4O. The minimum Gasteiger partial charge on any atom is -0.376 e. The first-order valence-electron chi connectivity index (χ1n) is 9.83. The number of halogens is 3. The third kappa shape index (κ3) is 5.62. The molecule has 162 valence electrons. The summed E-state index contributed by atoms with van der Waals surface area (Å²) in [7, 11) is 0. The van der Waals surface area contributed by atoms with Crippen LogP contribution in [-0.4, -0.2) is 23.2 Å². The van der Waals surface area contributed by atoms with Crippen LogP contribution in [0.2, 0.25) is 10.0 Å². The van der Waals surface area contributed by atoms with Gasteiger partial charge in [0.05, 0.1) is 22.8 Å². The first-order chi connectivity index (χ1) is 15.5. The van der Waals surface area contributed by atoms with Crippen LogP contribution in [0.4, 0.5) is 5.69 Å².